The number of hydrogen-bond donors (Lipinski definition) is 1. The average Bonchev–Trinajstić information content (AvgIpc) is 2.47. The van der Waals surface area contributed by atoms with E-state index in [1.165, 1.54) is 18.2 Å². The monoisotopic (exact) mass is 502 g/mol. The van der Waals surface area contributed by atoms with E-state index in [0.717, 1.165) is 21.3 Å². The zero-order valence-electron chi connectivity index (χ0n) is 12.8. The summed E-state index contributed by atoms with van der Waals surface area (Å²) in [6.07, 6.45) is -6.26. The maximum Gasteiger partial charge on any atom is 0.421 e. The van der Waals surface area contributed by atoms with Gasteiger partial charge in [0.25, 0.3) is 0 Å². The molecule has 2 nitrogen and oxygen atoms in total. The van der Waals surface area contributed by atoms with Crippen LogP contribution in [0.4, 0.5) is 13.2 Å². The number of hydrogen-bond acceptors (Lipinski definition) is 2. The van der Waals surface area contributed by atoms with Gasteiger partial charge in [-0.05, 0) is 64.9 Å². The smallest absolute Gasteiger partial charge is 0.376 e. The lowest BCUT2D eigenvalue weighted by atomic mass is 9.86. The van der Waals surface area contributed by atoms with Crippen LogP contribution < -0.4 is 0 Å². The normalized spacial score (nSPS) is 14.2. The molecule has 0 bridgehead atoms. The van der Waals surface area contributed by atoms with E-state index in [4.69, 9.17) is 23.2 Å². The van der Waals surface area contributed by atoms with Gasteiger partial charge in [0.2, 0.25) is 0 Å². The minimum Gasteiger partial charge on any atom is -0.376 e. The zero-order chi connectivity index (χ0) is 19.0. The molecule has 0 aliphatic heterocycles. The largest absolute Gasteiger partial charge is 0.421 e. The first-order chi connectivity index (χ1) is 11.4. The van der Waals surface area contributed by atoms with Gasteiger partial charge in [0.15, 0.2) is 11.4 Å². The lowest BCUT2D eigenvalue weighted by Gasteiger charge is -2.30. The molecule has 8 heteroatoms. The second-order valence-corrected chi connectivity index (χ2v) is 7.62. The molecule has 1 atom stereocenters. The van der Waals surface area contributed by atoms with Gasteiger partial charge in [0.1, 0.15) is 0 Å². The Morgan fingerprint density at radius 1 is 1.12 bits per heavy atom. The maximum absolute atomic E-state index is 13.6. The molecule has 2 rings (SSSR count). The van der Waals surface area contributed by atoms with E-state index in [0.29, 0.717) is 0 Å². The van der Waals surface area contributed by atoms with Crippen LogP contribution in [0.5, 0.6) is 0 Å². The van der Waals surface area contributed by atoms with Crippen LogP contribution in [0.15, 0.2) is 36.4 Å². The van der Waals surface area contributed by atoms with E-state index < -0.39 is 29.5 Å². The van der Waals surface area contributed by atoms with Crippen LogP contribution in [0, 0.1) is 10.5 Å². The van der Waals surface area contributed by atoms with Crippen LogP contribution in [0.25, 0.3) is 0 Å². The van der Waals surface area contributed by atoms with Crippen LogP contribution in [-0.2, 0) is 5.60 Å². The van der Waals surface area contributed by atoms with Gasteiger partial charge in [-0.25, -0.2) is 0 Å². The van der Waals surface area contributed by atoms with Crippen molar-refractivity contribution < 1.29 is 23.1 Å². The molecule has 0 spiro atoms. The molecule has 1 unspecified atom stereocenters. The maximum atomic E-state index is 13.6. The van der Waals surface area contributed by atoms with Gasteiger partial charge in [-0.15, -0.1) is 0 Å². The molecule has 0 saturated carbocycles. The van der Waals surface area contributed by atoms with Crippen molar-refractivity contribution in [2.45, 2.75) is 25.1 Å². The minimum atomic E-state index is -5.09. The van der Waals surface area contributed by atoms with Crippen LogP contribution in [-0.4, -0.2) is 17.1 Å². The van der Waals surface area contributed by atoms with Crippen molar-refractivity contribution >= 4 is 51.6 Å². The third-order valence-electron chi connectivity index (χ3n) is 3.72. The molecule has 2 aromatic carbocycles. The summed E-state index contributed by atoms with van der Waals surface area (Å²) in [4.78, 5) is 12.4. The Hall–Kier alpha value is -0.830. The number of alkyl halides is 3. The van der Waals surface area contributed by atoms with Gasteiger partial charge >= 0.3 is 6.18 Å². The van der Waals surface area contributed by atoms with Crippen molar-refractivity contribution in [3.8, 4) is 0 Å². The number of aliphatic hydroxyl groups is 1. The molecule has 2 aromatic rings. The summed E-state index contributed by atoms with van der Waals surface area (Å²) in [6.45, 7) is 1.82. The first-order valence-corrected chi connectivity index (χ1v) is 8.82. The fraction of sp³-hybridized carbons (Fsp3) is 0.235. The summed E-state index contributed by atoms with van der Waals surface area (Å²) in [6, 6.07) is 7.70. The summed E-state index contributed by atoms with van der Waals surface area (Å²) in [7, 11) is 0. The van der Waals surface area contributed by atoms with Crippen molar-refractivity contribution in [3.63, 3.8) is 0 Å². The molecular weight excluding hydrogens is 491 g/mol. The summed E-state index contributed by atoms with van der Waals surface area (Å²) >= 11 is 13.5. The van der Waals surface area contributed by atoms with E-state index in [2.05, 4.69) is 0 Å². The summed E-state index contributed by atoms with van der Waals surface area (Å²) in [5.41, 5.74) is -2.99. The third kappa shape index (κ3) is 4.48. The Bertz CT molecular complexity index is 804. The number of rotatable bonds is 4. The predicted octanol–water partition coefficient (Wildman–Crippen LogP) is 5.93. The van der Waals surface area contributed by atoms with E-state index >= 15 is 0 Å². The number of carbonyl (C=O) groups excluding carboxylic acids is 1. The Morgan fingerprint density at radius 3 is 2.16 bits per heavy atom. The molecule has 0 radical (unpaired) electrons. The molecule has 0 aliphatic carbocycles. The number of halogens is 6. The molecule has 0 aliphatic rings. The van der Waals surface area contributed by atoms with Gasteiger partial charge in [0.05, 0.1) is 6.42 Å². The summed E-state index contributed by atoms with van der Waals surface area (Å²) < 4.78 is 41.5. The SMILES string of the molecule is Cc1ccc(C(=O)CC(O)(c2cc(Cl)cc(Cl)c2)C(F)(F)F)cc1I. The van der Waals surface area contributed by atoms with Gasteiger partial charge in [0, 0.05) is 19.2 Å². The molecular formula is C17H12Cl2F3IO2. The van der Waals surface area contributed by atoms with E-state index in [1.807, 2.05) is 29.5 Å². The first kappa shape index (κ1) is 20.5. The lowest BCUT2D eigenvalue weighted by molar-refractivity contribution is -0.264. The summed E-state index contributed by atoms with van der Waals surface area (Å²) in [5, 5.41) is 10.2. The van der Waals surface area contributed by atoms with Crippen molar-refractivity contribution in [2.75, 3.05) is 0 Å². The van der Waals surface area contributed by atoms with Crippen molar-refractivity contribution in [1.82, 2.24) is 0 Å². The average molecular weight is 503 g/mol. The van der Waals surface area contributed by atoms with Crippen LogP contribution in [0.3, 0.4) is 0 Å². The zero-order valence-corrected chi connectivity index (χ0v) is 16.5. The molecule has 0 saturated heterocycles. The van der Waals surface area contributed by atoms with Crippen molar-refractivity contribution in [3.05, 3.63) is 66.7 Å². The van der Waals surface area contributed by atoms with E-state index in [-0.39, 0.29) is 15.6 Å². The van der Waals surface area contributed by atoms with Crippen LogP contribution in [0.1, 0.15) is 27.9 Å². The standard InChI is InChI=1S/C17H12Cl2F3IO2/c1-9-2-3-10(4-14(9)23)15(24)8-16(25,17(20,21)22)11-5-12(18)7-13(19)6-11/h2-7,25H,8H2,1H3. The number of aryl methyl sites for hydroxylation is 1. The molecule has 0 heterocycles. The van der Waals surface area contributed by atoms with Gasteiger partial charge in [-0.2, -0.15) is 13.2 Å². The van der Waals surface area contributed by atoms with Gasteiger partial charge < -0.3 is 5.11 Å². The predicted molar refractivity (Wildman–Crippen MR) is 99.3 cm³/mol. The van der Waals surface area contributed by atoms with Crippen LogP contribution >= 0.6 is 45.8 Å². The highest BCUT2D eigenvalue weighted by Crippen LogP contribution is 2.43. The molecule has 0 aromatic heterocycles. The van der Waals surface area contributed by atoms with Gasteiger partial charge in [-0.3, -0.25) is 4.79 Å². The van der Waals surface area contributed by atoms with Crippen molar-refractivity contribution in [2.24, 2.45) is 0 Å². The number of benzene rings is 2. The minimum absolute atomic E-state index is 0.0671. The van der Waals surface area contributed by atoms with Crippen molar-refractivity contribution in [1.29, 1.82) is 0 Å². The lowest BCUT2D eigenvalue weighted by Crippen LogP contribution is -2.44. The fourth-order valence-corrected chi connectivity index (χ4v) is 3.30. The summed E-state index contributed by atoms with van der Waals surface area (Å²) in [5.74, 6) is -0.839. The molecule has 1 N–H and O–H groups in total. The van der Waals surface area contributed by atoms with E-state index in [9.17, 15) is 23.1 Å². The highest BCUT2D eigenvalue weighted by Gasteiger charge is 2.56. The molecule has 134 valence electrons. The first-order valence-electron chi connectivity index (χ1n) is 6.99. The molecule has 0 amide bonds. The van der Waals surface area contributed by atoms with Gasteiger partial charge in [-0.1, -0.05) is 35.3 Å². The quantitative estimate of drug-likeness (QED) is 0.415. The number of Topliss-reactive ketones (excluding diaryl/α,β-unsaturated/α-hetero) is 1. The Morgan fingerprint density at radius 2 is 1.68 bits per heavy atom. The second-order valence-electron chi connectivity index (χ2n) is 5.58. The Balaban J connectivity index is 2.47. The molecule has 0 fully saturated rings. The second kappa shape index (κ2) is 7.42. The van der Waals surface area contributed by atoms with Crippen LogP contribution in [0.2, 0.25) is 10.0 Å². The topological polar surface area (TPSA) is 37.3 Å². The highest BCUT2D eigenvalue weighted by molar-refractivity contribution is 14.1. The Kier molecular flexibility index (Phi) is 6.08. The fourth-order valence-electron chi connectivity index (χ4n) is 2.26. The highest BCUT2D eigenvalue weighted by atomic mass is 127. The Labute approximate surface area is 166 Å². The number of ketones is 1. The molecule has 25 heavy (non-hydrogen) atoms. The van der Waals surface area contributed by atoms with E-state index in [1.54, 1.807) is 6.07 Å². The third-order valence-corrected chi connectivity index (χ3v) is 5.32. The number of carbonyl (C=O) groups is 1.